The Kier molecular flexibility index (Phi) is 4.24. The van der Waals surface area contributed by atoms with E-state index in [1.54, 1.807) is 6.20 Å². The van der Waals surface area contributed by atoms with Crippen molar-refractivity contribution in [3.63, 3.8) is 0 Å². The van der Waals surface area contributed by atoms with Crippen LogP contribution in [-0.4, -0.2) is 23.6 Å². The van der Waals surface area contributed by atoms with E-state index in [9.17, 15) is 0 Å². The van der Waals surface area contributed by atoms with Gasteiger partial charge in [-0.25, -0.2) is 9.97 Å². The van der Waals surface area contributed by atoms with Crippen LogP contribution in [-0.2, 0) is 6.54 Å². The average molecular weight is 222 g/mol. The van der Waals surface area contributed by atoms with Gasteiger partial charge in [-0.2, -0.15) is 0 Å². The van der Waals surface area contributed by atoms with Gasteiger partial charge in [0.05, 0.1) is 6.54 Å². The predicted molar refractivity (Wildman–Crippen MR) is 67.3 cm³/mol. The summed E-state index contributed by atoms with van der Waals surface area (Å²) in [6.07, 6.45) is 2.89. The SMILES string of the molecule is CN(CCC(C)(C)C)c1ccnc(CN)n1. The smallest absolute Gasteiger partial charge is 0.144 e. The fourth-order valence-electron chi connectivity index (χ4n) is 1.32. The molecule has 1 aromatic heterocycles. The number of rotatable bonds is 4. The van der Waals surface area contributed by atoms with Gasteiger partial charge in [0.25, 0.3) is 0 Å². The average Bonchev–Trinajstić information content (AvgIpc) is 2.25. The maximum atomic E-state index is 5.52. The van der Waals surface area contributed by atoms with Crippen LogP contribution < -0.4 is 10.6 Å². The largest absolute Gasteiger partial charge is 0.360 e. The second-order valence-corrected chi connectivity index (χ2v) is 5.27. The van der Waals surface area contributed by atoms with E-state index in [1.165, 1.54) is 0 Å². The molecule has 0 atom stereocenters. The lowest BCUT2D eigenvalue weighted by atomic mass is 9.92. The van der Waals surface area contributed by atoms with E-state index in [-0.39, 0.29) is 0 Å². The summed E-state index contributed by atoms with van der Waals surface area (Å²) in [5.74, 6) is 1.64. The first-order valence-corrected chi connectivity index (χ1v) is 5.65. The van der Waals surface area contributed by atoms with E-state index >= 15 is 0 Å². The van der Waals surface area contributed by atoms with Crippen LogP contribution in [0.15, 0.2) is 12.3 Å². The van der Waals surface area contributed by atoms with Crippen molar-refractivity contribution in [2.24, 2.45) is 11.1 Å². The summed E-state index contributed by atoms with van der Waals surface area (Å²) in [7, 11) is 2.05. The van der Waals surface area contributed by atoms with Gasteiger partial charge in [-0.15, -0.1) is 0 Å². The van der Waals surface area contributed by atoms with E-state index in [2.05, 4.69) is 35.6 Å². The standard InChI is InChI=1S/C12H22N4/c1-12(2,3)6-8-16(4)11-5-7-14-10(9-13)15-11/h5,7H,6,8-9,13H2,1-4H3. The molecule has 90 valence electrons. The van der Waals surface area contributed by atoms with Gasteiger partial charge in [-0.3, -0.25) is 0 Å². The second kappa shape index (κ2) is 5.25. The van der Waals surface area contributed by atoms with Crippen LogP contribution in [0.5, 0.6) is 0 Å². The van der Waals surface area contributed by atoms with Gasteiger partial charge in [0.1, 0.15) is 11.6 Å². The second-order valence-electron chi connectivity index (χ2n) is 5.27. The normalized spacial score (nSPS) is 11.6. The lowest BCUT2D eigenvalue weighted by Gasteiger charge is -2.24. The Morgan fingerprint density at radius 3 is 2.62 bits per heavy atom. The zero-order chi connectivity index (χ0) is 12.2. The van der Waals surface area contributed by atoms with E-state index in [1.807, 2.05) is 13.1 Å². The maximum absolute atomic E-state index is 5.52. The maximum Gasteiger partial charge on any atom is 0.144 e. The van der Waals surface area contributed by atoms with Crippen LogP contribution in [0.2, 0.25) is 0 Å². The van der Waals surface area contributed by atoms with Gasteiger partial charge in [-0.05, 0) is 17.9 Å². The van der Waals surface area contributed by atoms with Crippen LogP contribution in [0, 0.1) is 5.41 Å². The van der Waals surface area contributed by atoms with Crippen LogP contribution in [0.25, 0.3) is 0 Å². The molecule has 0 aliphatic heterocycles. The van der Waals surface area contributed by atoms with E-state index in [0.717, 1.165) is 18.8 Å². The third-order valence-corrected chi connectivity index (χ3v) is 2.46. The molecule has 0 radical (unpaired) electrons. The van der Waals surface area contributed by atoms with Crippen LogP contribution >= 0.6 is 0 Å². The highest BCUT2D eigenvalue weighted by Gasteiger charge is 2.12. The van der Waals surface area contributed by atoms with Crippen LogP contribution in [0.4, 0.5) is 5.82 Å². The zero-order valence-corrected chi connectivity index (χ0v) is 10.7. The summed E-state index contributed by atoms with van der Waals surface area (Å²) in [6.45, 7) is 8.11. The van der Waals surface area contributed by atoms with Crippen LogP contribution in [0.1, 0.15) is 33.0 Å². The fourth-order valence-corrected chi connectivity index (χ4v) is 1.32. The molecule has 16 heavy (non-hydrogen) atoms. The van der Waals surface area contributed by atoms with Crippen molar-refractivity contribution in [1.82, 2.24) is 9.97 Å². The molecule has 0 amide bonds. The fraction of sp³-hybridized carbons (Fsp3) is 0.667. The third-order valence-electron chi connectivity index (χ3n) is 2.46. The van der Waals surface area contributed by atoms with E-state index < -0.39 is 0 Å². The Balaban J connectivity index is 2.62. The Labute approximate surface area is 97.9 Å². The molecule has 1 aromatic rings. The molecular weight excluding hydrogens is 200 g/mol. The molecule has 0 saturated carbocycles. The molecule has 2 N–H and O–H groups in total. The molecule has 0 bridgehead atoms. The molecular formula is C12H22N4. The van der Waals surface area contributed by atoms with Gasteiger partial charge < -0.3 is 10.6 Å². The lowest BCUT2D eigenvalue weighted by Crippen LogP contribution is -2.24. The van der Waals surface area contributed by atoms with Crippen molar-refractivity contribution in [2.75, 3.05) is 18.5 Å². The first-order chi connectivity index (χ1) is 7.42. The minimum Gasteiger partial charge on any atom is -0.360 e. The Morgan fingerprint density at radius 2 is 2.06 bits per heavy atom. The van der Waals surface area contributed by atoms with Gasteiger partial charge >= 0.3 is 0 Å². The molecule has 0 aromatic carbocycles. The minimum absolute atomic E-state index is 0.345. The van der Waals surface area contributed by atoms with Crippen molar-refractivity contribution >= 4 is 5.82 Å². The summed E-state index contributed by atoms with van der Waals surface area (Å²) in [5.41, 5.74) is 5.86. The topological polar surface area (TPSA) is 55.0 Å². The highest BCUT2D eigenvalue weighted by Crippen LogP contribution is 2.20. The molecule has 0 fully saturated rings. The Morgan fingerprint density at radius 1 is 1.38 bits per heavy atom. The monoisotopic (exact) mass is 222 g/mol. The van der Waals surface area contributed by atoms with Crippen molar-refractivity contribution in [3.05, 3.63) is 18.1 Å². The summed E-state index contributed by atoms with van der Waals surface area (Å²) >= 11 is 0. The number of anilines is 1. The Hall–Kier alpha value is -1.16. The van der Waals surface area contributed by atoms with Gasteiger partial charge in [0.15, 0.2) is 0 Å². The van der Waals surface area contributed by atoms with Crippen molar-refractivity contribution in [3.8, 4) is 0 Å². The number of nitrogens with two attached hydrogens (primary N) is 1. The molecule has 0 spiro atoms. The minimum atomic E-state index is 0.345. The molecule has 4 nitrogen and oxygen atoms in total. The predicted octanol–water partition coefficient (Wildman–Crippen LogP) is 1.81. The molecule has 1 heterocycles. The number of hydrogen-bond donors (Lipinski definition) is 1. The van der Waals surface area contributed by atoms with Crippen molar-refractivity contribution in [1.29, 1.82) is 0 Å². The zero-order valence-electron chi connectivity index (χ0n) is 10.7. The molecule has 0 saturated heterocycles. The van der Waals surface area contributed by atoms with Gasteiger partial charge in [0.2, 0.25) is 0 Å². The first kappa shape index (κ1) is 12.9. The van der Waals surface area contributed by atoms with Crippen molar-refractivity contribution in [2.45, 2.75) is 33.7 Å². The summed E-state index contributed by atoms with van der Waals surface area (Å²) in [5, 5.41) is 0. The summed E-state index contributed by atoms with van der Waals surface area (Å²) < 4.78 is 0. The quantitative estimate of drug-likeness (QED) is 0.844. The third kappa shape index (κ3) is 4.14. The summed E-state index contributed by atoms with van der Waals surface area (Å²) in [4.78, 5) is 10.6. The highest BCUT2D eigenvalue weighted by molar-refractivity contribution is 5.36. The van der Waals surface area contributed by atoms with Gasteiger partial charge in [-0.1, -0.05) is 20.8 Å². The molecule has 0 unspecified atom stereocenters. The van der Waals surface area contributed by atoms with Crippen molar-refractivity contribution < 1.29 is 0 Å². The van der Waals surface area contributed by atoms with E-state index in [0.29, 0.717) is 17.8 Å². The number of aromatic nitrogens is 2. The molecule has 1 rings (SSSR count). The molecule has 4 heteroatoms. The van der Waals surface area contributed by atoms with Gasteiger partial charge in [0, 0.05) is 19.8 Å². The van der Waals surface area contributed by atoms with Crippen LogP contribution in [0.3, 0.4) is 0 Å². The van der Waals surface area contributed by atoms with E-state index in [4.69, 9.17) is 5.73 Å². The highest BCUT2D eigenvalue weighted by atomic mass is 15.2. The molecule has 0 aliphatic rings. The summed E-state index contributed by atoms with van der Waals surface area (Å²) in [6, 6.07) is 1.92. The number of hydrogen-bond acceptors (Lipinski definition) is 4. The first-order valence-electron chi connectivity index (χ1n) is 5.65. The molecule has 0 aliphatic carbocycles. The lowest BCUT2D eigenvalue weighted by molar-refractivity contribution is 0.381. The number of nitrogens with zero attached hydrogens (tertiary/aromatic N) is 3. The Bertz CT molecular complexity index is 330.